The van der Waals surface area contributed by atoms with Crippen molar-refractivity contribution in [3.63, 3.8) is 0 Å². The Labute approximate surface area is 153 Å². The minimum Gasteiger partial charge on any atom is -0.394 e. The fourth-order valence-corrected chi connectivity index (χ4v) is 2.99. The molecule has 0 spiro atoms. The SMILES string of the molecule is CCCCCCCCC#Cc1cn([C@@H]2CC(O)[C@H](CO)O2)c(=O)[nH]c1=O. The van der Waals surface area contributed by atoms with E-state index in [0.717, 1.165) is 12.8 Å². The zero-order valence-corrected chi connectivity index (χ0v) is 15.2. The average Bonchev–Trinajstić information content (AvgIpc) is 2.99. The van der Waals surface area contributed by atoms with Gasteiger partial charge >= 0.3 is 5.69 Å². The number of unbranched alkanes of at least 4 members (excludes halogenated alkanes) is 6. The van der Waals surface area contributed by atoms with E-state index in [-0.39, 0.29) is 18.6 Å². The monoisotopic (exact) mass is 364 g/mol. The molecular formula is C19H28N2O5. The number of H-pyrrole nitrogens is 1. The van der Waals surface area contributed by atoms with Gasteiger partial charge in [-0.3, -0.25) is 14.3 Å². The van der Waals surface area contributed by atoms with Crippen molar-refractivity contribution < 1.29 is 14.9 Å². The summed E-state index contributed by atoms with van der Waals surface area (Å²) in [7, 11) is 0. The number of rotatable bonds is 8. The lowest BCUT2D eigenvalue weighted by molar-refractivity contribution is -0.0459. The molecule has 1 aromatic heterocycles. The summed E-state index contributed by atoms with van der Waals surface area (Å²) in [6, 6.07) is 0. The van der Waals surface area contributed by atoms with Crippen molar-refractivity contribution in [3.8, 4) is 11.8 Å². The first-order valence-electron chi connectivity index (χ1n) is 9.35. The molecule has 2 rings (SSSR count). The Kier molecular flexibility index (Phi) is 8.10. The van der Waals surface area contributed by atoms with Gasteiger partial charge in [0.1, 0.15) is 17.9 Å². The highest BCUT2D eigenvalue weighted by molar-refractivity contribution is 5.29. The fourth-order valence-electron chi connectivity index (χ4n) is 2.99. The predicted molar refractivity (Wildman–Crippen MR) is 97.8 cm³/mol. The third-order valence-corrected chi connectivity index (χ3v) is 4.54. The molecule has 7 nitrogen and oxygen atoms in total. The van der Waals surface area contributed by atoms with Gasteiger partial charge in [-0.1, -0.05) is 50.9 Å². The van der Waals surface area contributed by atoms with Gasteiger partial charge in [0.25, 0.3) is 5.56 Å². The Hall–Kier alpha value is -1.88. The van der Waals surface area contributed by atoms with Crippen molar-refractivity contribution in [2.24, 2.45) is 0 Å². The van der Waals surface area contributed by atoms with E-state index in [4.69, 9.17) is 9.84 Å². The van der Waals surface area contributed by atoms with Crippen molar-refractivity contribution in [3.05, 3.63) is 32.6 Å². The Bertz CT molecular complexity index is 743. The summed E-state index contributed by atoms with van der Waals surface area (Å²) in [5, 5.41) is 19.0. The second-order valence-corrected chi connectivity index (χ2v) is 6.64. The maximum atomic E-state index is 12.0. The molecule has 1 unspecified atom stereocenters. The molecular weight excluding hydrogens is 336 g/mol. The van der Waals surface area contributed by atoms with Crippen LogP contribution in [0.25, 0.3) is 0 Å². The number of ether oxygens (including phenoxy) is 1. The number of aliphatic hydroxyl groups excluding tert-OH is 2. The largest absolute Gasteiger partial charge is 0.394 e. The van der Waals surface area contributed by atoms with E-state index in [2.05, 4.69) is 23.7 Å². The van der Waals surface area contributed by atoms with Crippen molar-refractivity contribution in [2.75, 3.05) is 6.61 Å². The molecule has 0 aliphatic carbocycles. The fraction of sp³-hybridized carbons (Fsp3) is 0.684. The Balaban J connectivity index is 1.99. The molecule has 26 heavy (non-hydrogen) atoms. The first kappa shape index (κ1) is 20.4. The maximum Gasteiger partial charge on any atom is 0.330 e. The second kappa shape index (κ2) is 10.3. The van der Waals surface area contributed by atoms with Crippen LogP contribution in [0.1, 0.15) is 70.1 Å². The highest BCUT2D eigenvalue weighted by atomic mass is 16.5. The lowest BCUT2D eigenvalue weighted by Gasteiger charge is -2.14. The number of aliphatic hydroxyl groups is 2. The van der Waals surface area contributed by atoms with Crippen LogP contribution in [0.2, 0.25) is 0 Å². The van der Waals surface area contributed by atoms with E-state index < -0.39 is 29.7 Å². The molecule has 1 saturated heterocycles. The Morgan fingerprint density at radius 2 is 2.00 bits per heavy atom. The summed E-state index contributed by atoms with van der Waals surface area (Å²) in [4.78, 5) is 26.2. The normalized spacial score (nSPS) is 22.2. The number of aromatic amines is 1. The van der Waals surface area contributed by atoms with E-state index in [1.807, 2.05) is 0 Å². The van der Waals surface area contributed by atoms with Crippen LogP contribution in [-0.4, -0.2) is 38.6 Å². The van der Waals surface area contributed by atoms with Gasteiger partial charge in [0.2, 0.25) is 0 Å². The molecule has 144 valence electrons. The first-order valence-corrected chi connectivity index (χ1v) is 9.35. The van der Waals surface area contributed by atoms with Gasteiger partial charge in [0, 0.05) is 19.0 Å². The Morgan fingerprint density at radius 3 is 2.69 bits per heavy atom. The maximum absolute atomic E-state index is 12.0. The van der Waals surface area contributed by atoms with Gasteiger partial charge in [-0.25, -0.2) is 4.79 Å². The smallest absolute Gasteiger partial charge is 0.330 e. The van der Waals surface area contributed by atoms with E-state index in [0.29, 0.717) is 6.42 Å². The molecule has 0 amide bonds. The summed E-state index contributed by atoms with van der Waals surface area (Å²) < 4.78 is 6.68. The molecule has 1 aliphatic heterocycles. The first-order chi connectivity index (χ1) is 12.6. The van der Waals surface area contributed by atoms with Gasteiger partial charge in [-0.15, -0.1) is 0 Å². The molecule has 3 N–H and O–H groups in total. The molecule has 1 aliphatic rings. The molecule has 0 aromatic carbocycles. The average molecular weight is 364 g/mol. The number of hydrogen-bond donors (Lipinski definition) is 3. The molecule has 0 bridgehead atoms. The zero-order valence-electron chi connectivity index (χ0n) is 15.2. The van der Waals surface area contributed by atoms with Crippen LogP contribution in [0.5, 0.6) is 0 Å². The van der Waals surface area contributed by atoms with E-state index in [9.17, 15) is 14.7 Å². The number of aromatic nitrogens is 2. The number of nitrogens with one attached hydrogen (secondary N) is 1. The lowest BCUT2D eigenvalue weighted by Crippen LogP contribution is -2.33. The standard InChI is InChI=1S/C19H28N2O5/c1-2-3-4-5-6-7-8-9-10-14-12-21(19(25)20-18(14)24)17-11-15(23)16(13-22)26-17/h12,15-17,22-23H,2-8,11,13H2,1H3,(H,20,24,25)/t15?,16-,17-/m0/s1. The van der Waals surface area contributed by atoms with Gasteiger partial charge in [-0.2, -0.15) is 0 Å². The molecule has 0 saturated carbocycles. The molecule has 2 heterocycles. The predicted octanol–water partition coefficient (Wildman–Crippen LogP) is 1.28. The third kappa shape index (κ3) is 5.56. The van der Waals surface area contributed by atoms with Gasteiger partial charge < -0.3 is 14.9 Å². The lowest BCUT2D eigenvalue weighted by atomic mass is 10.1. The highest BCUT2D eigenvalue weighted by Gasteiger charge is 2.35. The summed E-state index contributed by atoms with van der Waals surface area (Å²) >= 11 is 0. The van der Waals surface area contributed by atoms with Crippen LogP contribution < -0.4 is 11.2 Å². The number of hydrogen-bond acceptors (Lipinski definition) is 5. The van der Waals surface area contributed by atoms with Crippen LogP contribution in [0.15, 0.2) is 15.8 Å². The van der Waals surface area contributed by atoms with Crippen molar-refractivity contribution >= 4 is 0 Å². The van der Waals surface area contributed by atoms with E-state index >= 15 is 0 Å². The van der Waals surface area contributed by atoms with Crippen LogP contribution in [0.3, 0.4) is 0 Å². The second-order valence-electron chi connectivity index (χ2n) is 6.64. The van der Waals surface area contributed by atoms with Gasteiger partial charge in [0.05, 0.1) is 12.7 Å². The minimum atomic E-state index is -0.855. The molecule has 1 fully saturated rings. The summed E-state index contributed by atoms with van der Waals surface area (Å²) in [6.45, 7) is 1.85. The van der Waals surface area contributed by atoms with Crippen LogP contribution in [0, 0.1) is 11.8 Å². The topological polar surface area (TPSA) is 105 Å². The summed E-state index contributed by atoms with van der Waals surface area (Å²) in [5.41, 5.74) is -0.952. The molecule has 0 radical (unpaired) electrons. The van der Waals surface area contributed by atoms with E-state index in [1.165, 1.54) is 36.4 Å². The quantitative estimate of drug-likeness (QED) is 0.476. The third-order valence-electron chi connectivity index (χ3n) is 4.54. The molecule has 3 atom stereocenters. The van der Waals surface area contributed by atoms with Crippen molar-refractivity contribution in [2.45, 2.75) is 76.7 Å². The Morgan fingerprint density at radius 1 is 1.27 bits per heavy atom. The minimum absolute atomic E-state index is 0.168. The van der Waals surface area contributed by atoms with Crippen LogP contribution in [0.4, 0.5) is 0 Å². The number of nitrogens with zero attached hydrogens (tertiary/aromatic N) is 1. The summed E-state index contributed by atoms with van der Waals surface area (Å²) in [6.07, 6.45) is 6.97. The zero-order chi connectivity index (χ0) is 18.9. The molecule has 7 heteroatoms. The molecule has 1 aromatic rings. The highest BCUT2D eigenvalue weighted by Crippen LogP contribution is 2.27. The van der Waals surface area contributed by atoms with Crippen molar-refractivity contribution in [1.29, 1.82) is 0 Å². The van der Waals surface area contributed by atoms with Crippen LogP contribution >= 0.6 is 0 Å². The van der Waals surface area contributed by atoms with Gasteiger partial charge in [-0.05, 0) is 6.42 Å². The summed E-state index contributed by atoms with van der Waals surface area (Å²) in [5.74, 6) is 5.81. The van der Waals surface area contributed by atoms with E-state index in [1.54, 1.807) is 0 Å². The van der Waals surface area contributed by atoms with Crippen molar-refractivity contribution in [1.82, 2.24) is 9.55 Å². The van der Waals surface area contributed by atoms with Crippen LogP contribution in [-0.2, 0) is 4.74 Å². The van der Waals surface area contributed by atoms with Gasteiger partial charge in [0.15, 0.2) is 0 Å².